The molecule has 0 bridgehead atoms. The number of anilines is 1. The summed E-state index contributed by atoms with van der Waals surface area (Å²) in [5.74, 6) is 0.0365. The van der Waals surface area contributed by atoms with E-state index in [1.165, 1.54) is 10.4 Å². The van der Waals surface area contributed by atoms with Crippen molar-refractivity contribution in [3.63, 3.8) is 0 Å². The third-order valence-electron chi connectivity index (χ3n) is 4.95. The summed E-state index contributed by atoms with van der Waals surface area (Å²) < 4.78 is 1.83. The number of amides is 1. The highest BCUT2D eigenvalue weighted by Crippen LogP contribution is 2.40. The van der Waals surface area contributed by atoms with Gasteiger partial charge in [0.2, 0.25) is 0 Å². The number of likely N-dealkylation sites (N-methyl/N-ethyl adjacent to an activating group) is 1. The fraction of sp³-hybridized carbons (Fsp3) is 0.500. The van der Waals surface area contributed by atoms with Crippen molar-refractivity contribution < 1.29 is 4.79 Å². The normalized spacial score (nSPS) is 20.7. The van der Waals surface area contributed by atoms with Gasteiger partial charge in [-0.2, -0.15) is 5.10 Å². The average Bonchev–Trinajstić information content (AvgIpc) is 3.07. The Morgan fingerprint density at radius 3 is 2.96 bits per heavy atom. The van der Waals surface area contributed by atoms with Gasteiger partial charge in [0.05, 0.1) is 11.8 Å². The van der Waals surface area contributed by atoms with Crippen molar-refractivity contribution >= 4 is 22.2 Å². The predicted octanol–water partition coefficient (Wildman–Crippen LogP) is 2.02. The van der Waals surface area contributed by atoms with Crippen LogP contribution in [0.4, 0.5) is 5.00 Å². The van der Waals surface area contributed by atoms with Gasteiger partial charge in [-0.15, -0.1) is 11.3 Å². The maximum absolute atomic E-state index is 12.7. The minimum absolute atomic E-state index is 0.0365. The van der Waals surface area contributed by atoms with Crippen LogP contribution in [0, 0.1) is 6.92 Å². The Morgan fingerprint density at radius 2 is 2.26 bits per heavy atom. The van der Waals surface area contributed by atoms with E-state index < -0.39 is 0 Å². The number of thiophene rings is 1. The molecule has 0 fully saturated rings. The molecule has 0 unspecified atom stereocenters. The third-order valence-corrected chi connectivity index (χ3v) is 6.09. The molecule has 6 nitrogen and oxygen atoms in total. The number of nitrogens with one attached hydrogen (secondary N) is 2. The Kier molecular flexibility index (Phi) is 3.42. The van der Waals surface area contributed by atoms with Crippen LogP contribution in [0.1, 0.15) is 45.1 Å². The van der Waals surface area contributed by atoms with Crippen LogP contribution >= 0.6 is 11.3 Å². The van der Waals surface area contributed by atoms with E-state index in [4.69, 9.17) is 0 Å². The SMILES string of the molecule is CCN1CCc2c(sc3c2C(=O)N[C@H](c2cnn(C)c2C)N3)C1. The molecule has 2 aliphatic rings. The molecule has 7 heteroatoms. The Labute approximate surface area is 139 Å². The number of hydrogen-bond acceptors (Lipinski definition) is 5. The number of nitrogens with zero attached hydrogens (tertiary/aromatic N) is 3. The van der Waals surface area contributed by atoms with Crippen molar-refractivity contribution in [1.29, 1.82) is 0 Å². The van der Waals surface area contributed by atoms with E-state index in [1.807, 2.05) is 24.9 Å². The van der Waals surface area contributed by atoms with Gasteiger partial charge in [0.1, 0.15) is 11.2 Å². The first-order chi connectivity index (χ1) is 11.1. The maximum atomic E-state index is 12.7. The van der Waals surface area contributed by atoms with Gasteiger partial charge >= 0.3 is 0 Å². The smallest absolute Gasteiger partial charge is 0.256 e. The summed E-state index contributed by atoms with van der Waals surface area (Å²) in [5, 5.41) is 11.9. The zero-order chi connectivity index (χ0) is 16.1. The topological polar surface area (TPSA) is 62.2 Å². The lowest BCUT2D eigenvalue weighted by atomic mass is 10.0. The lowest BCUT2D eigenvalue weighted by Gasteiger charge is -2.27. The van der Waals surface area contributed by atoms with Crippen molar-refractivity contribution in [3.05, 3.63) is 33.5 Å². The molecule has 122 valence electrons. The second-order valence-electron chi connectivity index (χ2n) is 6.19. The summed E-state index contributed by atoms with van der Waals surface area (Å²) in [5.41, 5.74) is 4.18. The van der Waals surface area contributed by atoms with E-state index in [9.17, 15) is 4.79 Å². The highest BCUT2D eigenvalue weighted by molar-refractivity contribution is 7.16. The molecule has 2 aromatic rings. The fourth-order valence-corrected chi connectivity index (χ4v) is 4.71. The average molecular weight is 331 g/mol. The van der Waals surface area contributed by atoms with E-state index in [0.29, 0.717) is 0 Å². The standard InChI is InChI=1S/C16H21N5OS/c1-4-21-6-5-10-12(8-21)23-16-13(10)15(22)18-14(19-16)11-7-17-20(3)9(11)2/h7,14,19H,4-6,8H2,1-3H3,(H,18,22)/t14-/m0/s1. The molecular weight excluding hydrogens is 310 g/mol. The molecule has 4 heterocycles. The third kappa shape index (κ3) is 2.26. The summed E-state index contributed by atoms with van der Waals surface area (Å²) in [7, 11) is 1.91. The summed E-state index contributed by atoms with van der Waals surface area (Å²) in [6.45, 7) is 7.24. The lowest BCUT2D eigenvalue weighted by Crippen LogP contribution is -2.39. The van der Waals surface area contributed by atoms with Gasteiger partial charge in [-0.25, -0.2) is 0 Å². The monoisotopic (exact) mass is 331 g/mol. The number of aromatic nitrogens is 2. The predicted molar refractivity (Wildman–Crippen MR) is 90.7 cm³/mol. The van der Waals surface area contributed by atoms with Gasteiger partial charge in [-0.1, -0.05) is 6.92 Å². The van der Waals surface area contributed by atoms with Gasteiger partial charge in [-0.3, -0.25) is 14.4 Å². The van der Waals surface area contributed by atoms with E-state index in [1.54, 1.807) is 11.3 Å². The maximum Gasteiger partial charge on any atom is 0.256 e. The number of aryl methyl sites for hydroxylation is 1. The molecule has 2 aromatic heterocycles. The van der Waals surface area contributed by atoms with Gasteiger partial charge in [0.15, 0.2) is 0 Å². The first-order valence-corrected chi connectivity index (χ1v) is 8.83. The number of rotatable bonds is 2. The Hall–Kier alpha value is -1.86. The zero-order valence-corrected chi connectivity index (χ0v) is 14.5. The summed E-state index contributed by atoms with van der Waals surface area (Å²) in [6.07, 6.45) is 2.58. The summed E-state index contributed by atoms with van der Waals surface area (Å²) in [4.78, 5) is 16.4. The molecule has 0 aromatic carbocycles. The Bertz CT molecular complexity index is 778. The van der Waals surface area contributed by atoms with Crippen LogP contribution in [0.15, 0.2) is 6.20 Å². The summed E-state index contributed by atoms with van der Waals surface area (Å²) in [6, 6.07) is 0. The highest BCUT2D eigenvalue weighted by atomic mass is 32.1. The van der Waals surface area contributed by atoms with E-state index in [-0.39, 0.29) is 12.1 Å². The van der Waals surface area contributed by atoms with Gasteiger partial charge in [0.25, 0.3) is 5.91 Å². The summed E-state index contributed by atoms with van der Waals surface area (Å²) >= 11 is 1.73. The van der Waals surface area contributed by atoms with Crippen LogP contribution in [0.2, 0.25) is 0 Å². The molecule has 0 radical (unpaired) electrons. The largest absolute Gasteiger partial charge is 0.352 e. The second kappa shape index (κ2) is 5.35. The van der Waals surface area contributed by atoms with Crippen LogP contribution in [-0.4, -0.2) is 33.7 Å². The molecule has 0 aliphatic carbocycles. The van der Waals surface area contributed by atoms with Crippen molar-refractivity contribution in [2.24, 2.45) is 7.05 Å². The number of carbonyl (C=O) groups is 1. The fourth-order valence-electron chi connectivity index (χ4n) is 3.39. The molecule has 0 saturated heterocycles. The van der Waals surface area contributed by atoms with Crippen LogP contribution in [0.3, 0.4) is 0 Å². The molecule has 1 atom stereocenters. The van der Waals surface area contributed by atoms with Crippen LogP contribution in [-0.2, 0) is 20.0 Å². The van der Waals surface area contributed by atoms with Crippen molar-refractivity contribution in [2.75, 3.05) is 18.4 Å². The van der Waals surface area contributed by atoms with E-state index in [2.05, 4.69) is 27.6 Å². The Balaban J connectivity index is 1.69. The zero-order valence-electron chi connectivity index (χ0n) is 13.6. The van der Waals surface area contributed by atoms with Crippen LogP contribution in [0.5, 0.6) is 0 Å². The molecule has 1 amide bonds. The van der Waals surface area contributed by atoms with Crippen molar-refractivity contribution in [3.8, 4) is 0 Å². The van der Waals surface area contributed by atoms with Gasteiger partial charge < -0.3 is 10.6 Å². The van der Waals surface area contributed by atoms with Crippen LogP contribution in [0.25, 0.3) is 0 Å². The minimum Gasteiger partial charge on any atom is -0.352 e. The Morgan fingerprint density at radius 1 is 1.43 bits per heavy atom. The number of hydrogen-bond donors (Lipinski definition) is 2. The molecular formula is C16H21N5OS. The molecule has 23 heavy (non-hydrogen) atoms. The van der Waals surface area contributed by atoms with Gasteiger partial charge in [-0.05, 0) is 25.5 Å². The van der Waals surface area contributed by atoms with Crippen LogP contribution < -0.4 is 10.6 Å². The quantitative estimate of drug-likeness (QED) is 0.884. The van der Waals surface area contributed by atoms with E-state index in [0.717, 1.165) is 47.9 Å². The number of carbonyl (C=O) groups excluding carboxylic acids is 1. The second-order valence-corrected chi connectivity index (χ2v) is 7.29. The highest BCUT2D eigenvalue weighted by Gasteiger charge is 2.33. The first kappa shape index (κ1) is 14.7. The van der Waals surface area contributed by atoms with Crippen molar-refractivity contribution in [1.82, 2.24) is 20.0 Å². The molecule has 2 aliphatic heterocycles. The van der Waals surface area contributed by atoms with E-state index >= 15 is 0 Å². The number of fused-ring (bicyclic) bond motifs is 3. The molecule has 2 N–H and O–H groups in total. The minimum atomic E-state index is -0.203. The lowest BCUT2D eigenvalue weighted by molar-refractivity contribution is 0.0934. The first-order valence-electron chi connectivity index (χ1n) is 8.01. The van der Waals surface area contributed by atoms with Crippen molar-refractivity contribution in [2.45, 2.75) is 33.0 Å². The molecule has 0 saturated carbocycles. The molecule has 4 rings (SSSR count). The molecule has 0 spiro atoms. The van der Waals surface area contributed by atoms with Gasteiger partial charge in [0, 0.05) is 36.3 Å².